The highest BCUT2D eigenvalue weighted by molar-refractivity contribution is 6.05. The molecule has 0 amide bonds. The monoisotopic (exact) mass is 1240 g/mol. The molecule has 0 saturated carbocycles. The van der Waals surface area contributed by atoms with Gasteiger partial charge in [-0.25, -0.2) is 55.9 Å². The summed E-state index contributed by atoms with van der Waals surface area (Å²) < 4.78 is 138. The van der Waals surface area contributed by atoms with Crippen molar-refractivity contribution in [2.24, 2.45) is 11.8 Å². The Morgan fingerprint density at radius 1 is 0.505 bits per heavy atom. The van der Waals surface area contributed by atoms with Crippen molar-refractivity contribution in [1.29, 1.82) is 10.5 Å². The van der Waals surface area contributed by atoms with Crippen molar-refractivity contribution in [1.82, 2.24) is 29.1 Å². The zero-order valence-corrected chi connectivity index (χ0v) is 48.6. The van der Waals surface area contributed by atoms with E-state index in [0.717, 1.165) is 36.4 Å². The van der Waals surface area contributed by atoms with Crippen LogP contribution in [0.15, 0.2) is 133 Å². The fraction of sp³-hybridized carbons (Fsp3) is 0.235. The van der Waals surface area contributed by atoms with Crippen LogP contribution in [-0.4, -0.2) is 94.9 Å². The number of hydrogen-bond acceptors (Lipinski definition) is 15. The molecule has 17 nitrogen and oxygen atoms in total. The van der Waals surface area contributed by atoms with Gasteiger partial charge >= 0.3 is 11.9 Å². The molecule has 0 radical (unpaired) electrons. The maximum absolute atomic E-state index is 16.3. The molecule has 0 spiro atoms. The van der Waals surface area contributed by atoms with E-state index in [1.165, 1.54) is 84.9 Å². The molecule has 2 fully saturated rings. The predicted molar refractivity (Wildman–Crippen MR) is 315 cm³/mol. The molecule has 4 atom stereocenters. The summed E-state index contributed by atoms with van der Waals surface area (Å²) in [6.07, 6.45) is -0.425. The lowest BCUT2D eigenvalue weighted by Gasteiger charge is -2.22. The van der Waals surface area contributed by atoms with Gasteiger partial charge in [0.1, 0.15) is 59.8 Å². The molecule has 4 aromatic heterocycles. The van der Waals surface area contributed by atoms with Gasteiger partial charge in [-0.2, -0.15) is 10.5 Å². The summed E-state index contributed by atoms with van der Waals surface area (Å²) in [6, 6.07) is 32.8. The van der Waals surface area contributed by atoms with Crippen LogP contribution >= 0.6 is 0 Å². The summed E-state index contributed by atoms with van der Waals surface area (Å²) >= 11 is 0. The number of benzene rings is 6. The Kier molecular flexibility index (Phi) is 17.7. The molecule has 2 aliphatic heterocycles. The number of carbonyl (C=O) groups excluding carboxylic acids is 2. The molecule has 2 aliphatic rings. The fourth-order valence-electron chi connectivity index (χ4n) is 11.5. The van der Waals surface area contributed by atoms with Gasteiger partial charge in [0.05, 0.1) is 120 Å². The van der Waals surface area contributed by atoms with Crippen LogP contribution in [0, 0.1) is 69.4 Å². The number of methoxy groups -OCH3 is 2. The molecule has 0 unspecified atom stereocenters. The van der Waals surface area contributed by atoms with E-state index in [0.29, 0.717) is 46.9 Å². The molecule has 12 rings (SSSR count). The van der Waals surface area contributed by atoms with Gasteiger partial charge in [-0.05, 0) is 108 Å². The summed E-state index contributed by atoms with van der Waals surface area (Å²) in [5.74, 6) is -6.28. The number of hydrogen-bond donors (Lipinski definition) is 0. The first-order valence-electron chi connectivity index (χ1n) is 28.6. The molecule has 6 heterocycles. The van der Waals surface area contributed by atoms with E-state index in [1.54, 1.807) is 35.5 Å². The van der Waals surface area contributed by atoms with Gasteiger partial charge in [-0.1, -0.05) is 24.3 Å². The maximum atomic E-state index is 16.3. The predicted octanol–water partition coefficient (Wildman–Crippen LogP) is 12.1. The Morgan fingerprint density at radius 3 is 1.34 bits per heavy atom. The molecular formula is C68H52F6N8O9. The average molecular weight is 1240 g/mol. The van der Waals surface area contributed by atoms with Gasteiger partial charge in [0.25, 0.3) is 0 Å². The van der Waals surface area contributed by atoms with Crippen LogP contribution in [0.2, 0.25) is 0 Å². The molecule has 0 N–H and O–H groups in total. The number of esters is 2. The number of rotatable bonds is 20. The van der Waals surface area contributed by atoms with E-state index < -0.39 is 58.9 Å². The van der Waals surface area contributed by atoms with Crippen molar-refractivity contribution < 1.29 is 69.1 Å². The van der Waals surface area contributed by atoms with Crippen molar-refractivity contribution in [3.63, 3.8) is 0 Å². The SMILES string of the molecule is COC[C@@H]1COC[C@@H]1n1c(Cc2cc(F)c(-c3cccc(OCc4ccc(C#N)cc4F)n3)cc2F)nc2ccc(C(=O)OC(=O)c3ccc4nc(Cc5cc(F)c(-c6cccc(OCc7ccc(C#N)cc7F)n6)cc5F)n([C@H]5COC[C@H]5COC)c4c3)cc21. The van der Waals surface area contributed by atoms with E-state index in [2.05, 4.69) is 9.97 Å². The first kappa shape index (κ1) is 61.0. The summed E-state index contributed by atoms with van der Waals surface area (Å²) in [5, 5.41) is 18.2. The van der Waals surface area contributed by atoms with Gasteiger partial charge in [0, 0.05) is 73.3 Å². The van der Waals surface area contributed by atoms with Gasteiger partial charge in [0.15, 0.2) is 0 Å². The Labute approximate surface area is 515 Å². The number of halogens is 6. The number of fused-ring (bicyclic) bond motifs is 2. The van der Waals surface area contributed by atoms with E-state index >= 15 is 17.6 Å². The average Bonchev–Trinajstić information content (AvgIpc) is 1.65. The minimum absolute atomic E-state index is 0.0190. The number of nitrogens with zero attached hydrogens (tertiary/aromatic N) is 8. The number of ether oxygens (including phenoxy) is 7. The Bertz CT molecular complexity index is 4280. The van der Waals surface area contributed by atoms with Crippen LogP contribution in [0.3, 0.4) is 0 Å². The number of carbonyl (C=O) groups is 2. The lowest BCUT2D eigenvalue weighted by Crippen LogP contribution is -2.23. The first-order chi connectivity index (χ1) is 44.2. The van der Waals surface area contributed by atoms with Crippen LogP contribution in [0.1, 0.15) is 77.8 Å². The van der Waals surface area contributed by atoms with Gasteiger partial charge in [0.2, 0.25) is 11.8 Å². The summed E-state index contributed by atoms with van der Waals surface area (Å²) in [4.78, 5) is 46.6. The number of imidazole rings is 2. The highest BCUT2D eigenvalue weighted by Crippen LogP contribution is 2.37. The third-order valence-corrected chi connectivity index (χ3v) is 16.0. The van der Waals surface area contributed by atoms with E-state index in [-0.39, 0.29) is 143 Å². The standard InChI is InChI=1S/C68H52F6N8O9/c1-85-29-45-31-87-35-61(45)81-59-21-39(13-15-57(59)77-63(81)23-43-19-53(73)47(25-51(43)71)55-5-3-7-65(79-55)89-33-41-11-9-37(27-75)17-49(41)69)67(83)91-68(84)40-14-16-58-60(22-40)82(62-36-88-32-46(62)30-86-2)64(78-58)24-44-20-54(74)48(26-52(44)72)56-6-4-8-66(80-56)90-34-42-12-10-38(28-76)18-50(42)70/h3-22,25-26,45-46,61-62H,23-24,29-36H2,1-2H3/t45-,46-,61+,62+/m1/s1. The zero-order chi connectivity index (χ0) is 63.4. The second-order valence-corrected chi connectivity index (χ2v) is 21.9. The lowest BCUT2D eigenvalue weighted by atomic mass is 10.0. The van der Waals surface area contributed by atoms with Crippen molar-refractivity contribution >= 4 is 34.0 Å². The fourth-order valence-corrected chi connectivity index (χ4v) is 11.5. The van der Waals surface area contributed by atoms with Crippen LogP contribution in [0.5, 0.6) is 11.8 Å². The highest BCUT2D eigenvalue weighted by Gasteiger charge is 2.36. The topological polar surface area (TPSA) is 208 Å². The zero-order valence-electron chi connectivity index (χ0n) is 48.6. The van der Waals surface area contributed by atoms with Gasteiger partial charge in [-0.15, -0.1) is 0 Å². The summed E-state index contributed by atoms with van der Waals surface area (Å²) in [6.45, 7) is 1.04. The third-order valence-electron chi connectivity index (χ3n) is 16.0. The molecular weight excluding hydrogens is 1190 g/mol. The Balaban J connectivity index is 0.794. The molecule has 10 aromatic rings. The van der Waals surface area contributed by atoms with Crippen LogP contribution in [-0.2, 0) is 49.7 Å². The summed E-state index contributed by atoms with van der Waals surface area (Å²) in [7, 11) is 3.09. The largest absolute Gasteiger partial charge is 0.473 e. The van der Waals surface area contributed by atoms with Crippen LogP contribution in [0.4, 0.5) is 26.3 Å². The van der Waals surface area contributed by atoms with E-state index in [4.69, 9.17) is 53.6 Å². The van der Waals surface area contributed by atoms with Crippen LogP contribution in [0.25, 0.3) is 44.6 Å². The van der Waals surface area contributed by atoms with Crippen molar-refractivity contribution in [3.05, 3.63) is 225 Å². The van der Waals surface area contributed by atoms with Crippen molar-refractivity contribution in [2.75, 3.05) is 53.9 Å². The molecule has 0 aliphatic carbocycles. The number of aromatic nitrogens is 6. The summed E-state index contributed by atoms with van der Waals surface area (Å²) in [5.41, 5.74) is 1.79. The quantitative estimate of drug-likeness (QED) is 0.0395. The van der Waals surface area contributed by atoms with Crippen LogP contribution < -0.4 is 9.47 Å². The molecule has 6 aromatic carbocycles. The molecule has 2 saturated heterocycles. The molecule has 460 valence electrons. The van der Waals surface area contributed by atoms with Gasteiger partial charge < -0.3 is 42.3 Å². The normalized spacial score (nSPS) is 16.3. The minimum Gasteiger partial charge on any atom is -0.473 e. The Hall–Kier alpha value is -10.3. The lowest BCUT2D eigenvalue weighted by molar-refractivity contribution is 0.0397. The second-order valence-electron chi connectivity index (χ2n) is 21.9. The smallest absolute Gasteiger partial charge is 0.346 e. The minimum atomic E-state index is -1.02. The Morgan fingerprint density at radius 2 is 0.934 bits per heavy atom. The maximum Gasteiger partial charge on any atom is 0.346 e. The van der Waals surface area contributed by atoms with Gasteiger partial charge in [-0.3, -0.25) is 0 Å². The first-order valence-corrected chi connectivity index (χ1v) is 28.6. The van der Waals surface area contributed by atoms with Crippen molar-refractivity contribution in [3.8, 4) is 46.4 Å². The van der Waals surface area contributed by atoms with E-state index in [1.807, 2.05) is 12.1 Å². The number of nitriles is 2. The number of pyridine rings is 2. The second kappa shape index (κ2) is 26.4. The third kappa shape index (κ3) is 12.8. The van der Waals surface area contributed by atoms with Crippen molar-refractivity contribution in [2.45, 2.75) is 38.1 Å². The molecule has 0 bridgehead atoms. The molecule has 23 heteroatoms. The highest BCUT2D eigenvalue weighted by atomic mass is 19.1. The van der Waals surface area contributed by atoms with E-state index in [9.17, 15) is 18.4 Å². The molecule has 91 heavy (non-hydrogen) atoms.